The maximum absolute atomic E-state index is 10.8. The van der Waals surface area contributed by atoms with Crippen LogP contribution in [-0.2, 0) is 4.57 Å². The summed E-state index contributed by atoms with van der Waals surface area (Å²) in [5.74, 6) is 0. The van der Waals surface area contributed by atoms with Gasteiger partial charge in [0, 0.05) is 5.71 Å². The first-order chi connectivity index (χ1) is 6.38. The monoisotopic (exact) mass is 221 g/mol. The second-order valence-electron chi connectivity index (χ2n) is 3.68. The van der Waals surface area contributed by atoms with Crippen LogP contribution in [0.4, 0.5) is 0 Å². The van der Waals surface area contributed by atoms with E-state index in [9.17, 15) is 4.57 Å². The maximum Gasteiger partial charge on any atom is 0.328 e. The first-order valence-corrected chi connectivity index (χ1v) is 6.67. The van der Waals surface area contributed by atoms with Gasteiger partial charge in [-0.05, 0) is 25.7 Å². The zero-order valence-electron chi connectivity index (χ0n) is 8.86. The van der Waals surface area contributed by atoms with Crippen LogP contribution in [0.1, 0.15) is 46.0 Å². The van der Waals surface area contributed by atoms with Crippen LogP contribution < -0.4 is 0 Å². The summed E-state index contributed by atoms with van der Waals surface area (Å²) in [5, 5.41) is 7.49. The van der Waals surface area contributed by atoms with Crippen LogP contribution in [0.25, 0.3) is 0 Å². The van der Waals surface area contributed by atoms with Crippen molar-refractivity contribution in [1.29, 1.82) is 5.41 Å². The first kappa shape index (κ1) is 13.8. The SMILES string of the molecule is CCCC(=N)CCCC(C)P(=O)(O)O. The highest BCUT2D eigenvalue weighted by atomic mass is 31.2. The van der Waals surface area contributed by atoms with Crippen molar-refractivity contribution in [3.8, 4) is 0 Å². The fraction of sp³-hybridized carbons (Fsp3) is 0.889. The molecule has 0 spiro atoms. The predicted octanol–water partition coefficient (Wildman–Crippen LogP) is 2.54. The maximum atomic E-state index is 10.8. The Labute approximate surface area is 85.4 Å². The molecular formula is C9H20NO3P. The van der Waals surface area contributed by atoms with Gasteiger partial charge in [-0.25, -0.2) is 0 Å². The lowest BCUT2D eigenvalue weighted by Gasteiger charge is -2.12. The average molecular weight is 221 g/mol. The smallest absolute Gasteiger partial charge is 0.324 e. The molecule has 14 heavy (non-hydrogen) atoms. The molecule has 0 aromatic carbocycles. The lowest BCUT2D eigenvalue weighted by molar-refractivity contribution is 0.357. The molecule has 0 radical (unpaired) electrons. The molecule has 0 amide bonds. The van der Waals surface area contributed by atoms with E-state index in [1.54, 1.807) is 6.92 Å². The third-order valence-corrected chi connectivity index (χ3v) is 3.63. The summed E-state index contributed by atoms with van der Waals surface area (Å²) in [7, 11) is -3.90. The van der Waals surface area contributed by atoms with Crippen molar-refractivity contribution in [3.05, 3.63) is 0 Å². The molecule has 0 aromatic rings. The largest absolute Gasteiger partial charge is 0.328 e. The topological polar surface area (TPSA) is 81.4 Å². The van der Waals surface area contributed by atoms with E-state index in [1.165, 1.54) is 0 Å². The minimum absolute atomic E-state index is 0.496. The molecule has 0 heterocycles. The first-order valence-electron chi connectivity index (χ1n) is 4.99. The van der Waals surface area contributed by atoms with E-state index in [0.29, 0.717) is 25.0 Å². The minimum Gasteiger partial charge on any atom is -0.324 e. The van der Waals surface area contributed by atoms with E-state index in [2.05, 4.69) is 0 Å². The highest BCUT2D eigenvalue weighted by Crippen LogP contribution is 2.43. The molecule has 1 unspecified atom stereocenters. The van der Waals surface area contributed by atoms with E-state index >= 15 is 0 Å². The molecule has 1 atom stereocenters. The zero-order valence-corrected chi connectivity index (χ0v) is 9.76. The van der Waals surface area contributed by atoms with E-state index in [-0.39, 0.29) is 0 Å². The lowest BCUT2D eigenvalue weighted by Crippen LogP contribution is -2.04. The lowest BCUT2D eigenvalue weighted by atomic mass is 10.1. The van der Waals surface area contributed by atoms with Crippen molar-refractivity contribution >= 4 is 13.3 Å². The molecule has 0 fully saturated rings. The normalized spacial score (nSPS) is 14.0. The molecule has 0 aliphatic rings. The Hall–Kier alpha value is -0.180. The Morgan fingerprint density at radius 3 is 2.43 bits per heavy atom. The molecule has 5 heteroatoms. The van der Waals surface area contributed by atoms with E-state index in [1.807, 2.05) is 6.92 Å². The van der Waals surface area contributed by atoms with Crippen molar-refractivity contribution in [1.82, 2.24) is 0 Å². The summed E-state index contributed by atoms with van der Waals surface area (Å²) in [6.45, 7) is 3.58. The molecule has 0 aromatic heterocycles. The van der Waals surface area contributed by atoms with Gasteiger partial charge in [0.25, 0.3) is 0 Å². The van der Waals surface area contributed by atoms with E-state index < -0.39 is 13.3 Å². The van der Waals surface area contributed by atoms with E-state index in [4.69, 9.17) is 15.2 Å². The Balaban J connectivity index is 3.65. The van der Waals surface area contributed by atoms with Crippen LogP contribution in [0.2, 0.25) is 0 Å². The van der Waals surface area contributed by atoms with Crippen LogP contribution in [-0.4, -0.2) is 21.2 Å². The fourth-order valence-corrected chi connectivity index (χ4v) is 1.72. The van der Waals surface area contributed by atoms with Crippen molar-refractivity contribution in [2.75, 3.05) is 0 Å². The van der Waals surface area contributed by atoms with Gasteiger partial charge in [-0.15, -0.1) is 0 Å². The Bertz CT molecular complexity index is 224. The van der Waals surface area contributed by atoms with Gasteiger partial charge in [0.05, 0.1) is 5.66 Å². The molecule has 0 aliphatic carbocycles. The van der Waals surface area contributed by atoms with Crippen LogP contribution >= 0.6 is 7.60 Å². The average Bonchev–Trinajstić information content (AvgIpc) is 2.02. The second-order valence-corrected chi connectivity index (χ2v) is 5.74. The summed E-state index contributed by atoms with van der Waals surface area (Å²) in [5.41, 5.74) is 0.113. The van der Waals surface area contributed by atoms with Crippen LogP contribution in [0.5, 0.6) is 0 Å². The van der Waals surface area contributed by atoms with Gasteiger partial charge in [0.15, 0.2) is 0 Å². The molecule has 3 N–H and O–H groups in total. The van der Waals surface area contributed by atoms with E-state index in [0.717, 1.165) is 12.8 Å². The van der Waals surface area contributed by atoms with Gasteiger partial charge < -0.3 is 15.2 Å². The highest BCUT2D eigenvalue weighted by Gasteiger charge is 2.22. The number of rotatable bonds is 7. The molecule has 0 saturated heterocycles. The summed E-state index contributed by atoms with van der Waals surface area (Å²) in [6, 6.07) is 0. The van der Waals surface area contributed by atoms with Gasteiger partial charge in [0.2, 0.25) is 0 Å². The van der Waals surface area contributed by atoms with Gasteiger partial charge in [-0.1, -0.05) is 20.3 Å². The Morgan fingerprint density at radius 2 is 2.00 bits per heavy atom. The highest BCUT2D eigenvalue weighted by molar-refractivity contribution is 7.52. The Kier molecular flexibility index (Phi) is 6.25. The third-order valence-electron chi connectivity index (χ3n) is 2.23. The summed E-state index contributed by atoms with van der Waals surface area (Å²) < 4.78 is 10.8. The van der Waals surface area contributed by atoms with Gasteiger partial charge >= 0.3 is 7.60 Å². The molecule has 0 rings (SSSR count). The summed E-state index contributed by atoms with van der Waals surface area (Å²) in [6.07, 6.45) is 3.62. The van der Waals surface area contributed by atoms with Crippen molar-refractivity contribution in [2.24, 2.45) is 0 Å². The quantitative estimate of drug-likeness (QED) is 0.456. The number of hydrogen-bond acceptors (Lipinski definition) is 2. The second kappa shape index (κ2) is 6.33. The van der Waals surface area contributed by atoms with Crippen molar-refractivity contribution < 1.29 is 14.4 Å². The standard InChI is InChI=1S/C9H20NO3P/c1-3-5-9(10)7-4-6-8(2)14(11,12)13/h8,10H,3-7H2,1-2H3,(H2,11,12,13). The molecular weight excluding hydrogens is 201 g/mol. The van der Waals surface area contributed by atoms with Crippen molar-refractivity contribution in [3.63, 3.8) is 0 Å². The number of hydrogen-bond donors (Lipinski definition) is 3. The van der Waals surface area contributed by atoms with Gasteiger partial charge in [-0.2, -0.15) is 0 Å². The third kappa shape index (κ3) is 6.30. The minimum atomic E-state index is -3.90. The molecule has 0 saturated carbocycles. The predicted molar refractivity (Wildman–Crippen MR) is 58.0 cm³/mol. The van der Waals surface area contributed by atoms with Crippen LogP contribution in [0.15, 0.2) is 0 Å². The van der Waals surface area contributed by atoms with Crippen LogP contribution in [0.3, 0.4) is 0 Å². The summed E-state index contributed by atoms with van der Waals surface area (Å²) >= 11 is 0. The molecule has 4 nitrogen and oxygen atoms in total. The van der Waals surface area contributed by atoms with Crippen molar-refractivity contribution in [2.45, 2.75) is 51.6 Å². The number of nitrogens with one attached hydrogen (secondary N) is 1. The summed E-state index contributed by atoms with van der Waals surface area (Å²) in [4.78, 5) is 17.6. The van der Waals surface area contributed by atoms with Crippen LogP contribution in [0, 0.1) is 5.41 Å². The molecule has 0 aliphatic heterocycles. The molecule has 0 bridgehead atoms. The fourth-order valence-electron chi connectivity index (χ4n) is 1.21. The van der Waals surface area contributed by atoms with Gasteiger partial charge in [0.1, 0.15) is 0 Å². The Morgan fingerprint density at radius 1 is 1.43 bits per heavy atom. The zero-order chi connectivity index (χ0) is 11.2. The van der Waals surface area contributed by atoms with Gasteiger partial charge in [-0.3, -0.25) is 4.57 Å². The molecule has 84 valence electrons.